The van der Waals surface area contributed by atoms with Gasteiger partial charge < -0.3 is 9.80 Å². The minimum atomic E-state index is 0.853. The first-order chi connectivity index (χ1) is 28.2. The van der Waals surface area contributed by atoms with Crippen molar-refractivity contribution in [1.29, 1.82) is 0 Å². The maximum atomic E-state index is 3.80. The summed E-state index contributed by atoms with van der Waals surface area (Å²) in [5.41, 5.74) is 16.4. The van der Waals surface area contributed by atoms with Gasteiger partial charge in [-0.15, -0.1) is 0 Å². The highest BCUT2D eigenvalue weighted by Crippen LogP contribution is 2.44. The minimum absolute atomic E-state index is 0.853. The monoisotopic (exact) mass is 730 g/mol. The molecule has 0 fully saturated rings. The number of rotatable bonds is 10. The quantitative estimate of drug-likeness (QED) is 0.0598. The van der Waals surface area contributed by atoms with E-state index in [2.05, 4.69) is 234 Å². The average molecular weight is 731 g/mol. The standard InChI is InChI=1S/C55H42N2/c1-2-3-6-17-43-38-44-18-11-14-25-51(44)54(39-43)56(47-21-7-4-8-22-47)49-34-30-41(31-35-49)28-29-42-32-36-50(37-33-42)57(48-23-9-5-10-24-48)55-52-26-15-12-19-45(52)40-46-20-13-16-27-53(46)55/h2-37,40H,38H2,1H3/b3-2-,17-6-,29-28+. The third-order valence-corrected chi connectivity index (χ3v) is 10.5. The van der Waals surface area contributed by atoms with E-state index in [0.717, 1.165) is 51.6 Å². The number of allylic oxidation sites excluding steroid dienone is 5. The molecule has 9 rings (SSSR count). The van der Waals surface area contributed by atoms with Crippen LogP contribution in [0.4, 0.5) is 28.4 Å². The van der Waals surface area contributed by atoms with Gasteiger partial charge in [-0.25, -0.2) is 0 Å². The Balaban J connectivity index is 1.04. The van der Waals surface area contributed by atoms with Crippen LogP contribution in [0.15, 0.2) is 224 Å². The molecule has 8 aromatic rings. The smallest absolute Gasteiger partial charge is 0.0969 e. The Morgan fingerprint density at radius 2 is 0.947 bits per heavy atom. The topological polar surface area (TPSA) is 6.48 Å². The zero-order chi connectivity index (χ0) is 38.4. The van der Waals surface area contributed by atoms with E-state index in [4.69, 9.17) is 0 Å². The zero-order valence-electron chi connectivity index (χ0n) is 32.0. The van der Waals surface area contributed by atoms with Crippen molar-refractivity contribution in [2.24, 2.45) is 0 Å². The van der Waals surface area contributed by atoms with Gasteiger partial charge in [-0.05, 0) is 89.0 Å². The summed E-state index contributed by atoms with van der Waals surface area (Å²) in [6, 6.07) is 67.3. The van der Waals surface area contributed by atoms with Gasteiger partial charge in [0.2, 0.25) is 0 Å². The lowest BCUT2D eigenvalue weighted by Gasteiger charge is -2.29. The van der Waals surface area contributed by atoms with Crippen LogP contribution < -0.4 is 9.80 Å². The fourth-order valence-electron chi connectivity index (χ4n) is 7.79. The van der Waals surface area contributed by atoms with E-state index in [0.29, 0.717) is 0 Å². The molecule has 0 saturated heterocycles. The van der Waals surface area contributed by atoms with Crippen LogP contribution >= 0.6 is 0 Å². The molecule has 8 aromatic carbocycles. The van der Waals surface area contributed by atoms with Crippen LogP contribution in [0.3, 0.4) is 0 Å². The van der Waals surface area contributed by atoms with E-state index in [-0.39, 0.29) is 0 Å². The summed E-state index contributed by atoms with van der Waals surface area (Å²) in [5, 5.41) is 4.90. The molecule has 0 amide bonds. The molecule has 0 aromatic heterocycles. The van der Waals surface area contributed by atoms with Gasteiger partial charge in [0.25, 0.3) is 0 Å². The Bertz CT molecular complexity index is 2780. The molecule has 272 valence electrons. The molecule has 57 heavy (non-hydrogen) atoms. The molecule has 0 heterocycles. The largest absolute Gasteiger partial charge is 0.309 e. The Labute approximate surface area is 335 Å². The SMILES string of the molecule is C/C=C\C=C/C1=C=C(N(c2ccccc2)c2ccc(/C=C/c3ccc(N(c4ccccc4)c4c5ccccc5cc5ccccc45)cc3)cc2)c2ccccc2C1. The predicted molar refractivity (Wildman–Crippen MR) is 245 cm³/mol. The van der Waals surface area contributed by atoms with Crippen LogP contribution in [0, 0.1) is 0 Å². The van der Waals surface area contributed by atoms with Crippen molar-refractivity contribution in [3.05, 3.63) is 246 Å². The van der Waals surface area contributed by atoms with Crippen LogP contribution in [0.5, 0.6) is 0 Å². The molecule has 2 nitrogen and oxygen atoms in total. The highest BCUT2D eigenvalue weighted by molar-refractivity contribution is 6.14. The van der Waals surface area contributed by atoms with Gasteiger partial charge in [0, 0.05) is 51.1 Å². The molecular formula is C55H42N2. The first-order valence-electron chi connectivity index (χ1n) is 19.6. The molecule has 0 spiro atoms. The van der Waals surface area contributed by atoms with Gasteiger partial charge in [0.1, 0.15) is 0 Å². The third-order valence-electron chi connectivity index (χ3n) is 10.5. The fourth-order valence-corrected chi connectivity index (χ4v) is 7.79. The number of anilines is 5. The highest BCUT2D eigenvalue weighted by Gasteiger charge is 2.22. The summed E-state index contributed by atoms with van der Waals surface area (Å²) in [5.74, 6) is 0. The maximum Gasteiger partial charge on any atom is 0.0969 e. The van der Waals surface area contributed by atoms with Crippen LogP contribution in [0.2, 0.25) is 0 Å². The molecule has 0 atom stereocenters. The van der Waals surface area contributed by atoms with E-state index in [1.807, 2.05) is 13.0 Å². The van der Waals surface area contributed by atoms with Crippen molar-refractivity contribution >= 4 is 67.8 Å². The van der Waals surface area contributed by atoms with E-state index in [1.165, 1.54) is 38.4 Å². The lowest BCUT2D eigenvalue weighted by Crippen LogP contribution is -2.18. The van der Waals surface area contributed by atoms with Gasteiger partial charge in [0.15, 0.2) is 0 Å². The summed E-state index contributed by atoms with van der Waals surface area (Å²) < 4.78 is 0. The molecule has 0 saturated carbocycles. The molecule has 0 aliphatic heterocycles. The second-order valence-corrected chi connectivity index (χ2v) is 14.2. The number of nitrogens with zero attached hydrogens (tertiary/aromatic N) is 2. The molecule has 1 aliphatic rings. The Hall–Kier alpha value is -7.38. The maximum absolute atomic E-state index is 3.80. The average Bonchev–Trinajstić information content (AvgIpc) is 3.27. The highest BCUT2D eigenvalue weighted by atomic mass is 15.2. The van der Waals surface area contributed by atoms with Gasteiger partial charge in [-0.1, -0.05) is 176 Å². The molecule has 0 bridgehead atoms. The Kier molecular flexibility index (Phi) is 10.0. The van der Waals surface area contributed by atoms with Gasteiger partial charge >= 0.3 is 0 Å². The first kappa shape index (κ1) is 35.3. The summed E-state index contributed by atoms with van der Waals surface area (Å²) in [6.45, 7) is 2.04. The van der Waals surface area contributed by atoms with Gasteiger partial charge in [-0.3, -0.25) is 0 Å². The zero-order valence-corrected chi connectivity index (χ0v) is 32.0. The van der Waals surface area contributed by atoms with E-state index < -0.39 is 0 Å². The number of benzene rings is 8. The number of fused-ring (bicyclic) bond motifs is 3. The van der Waals surface area contributed by atoms with Crippen LogP contribution in [0.25, 0.3) is 39.4 Å². The summed E-state index contributed by atoms with van der Waals surface area (Å²) >= 11 is 0. The summed E-state index contributed by atoms with van der Waals surface area (Å²) in [6.07, 6.45) is 13.6. The molecule has 0 N–H and O–H groups in total. The second-order valence-electron chi connectivity index (χ2n) is 14.2. The number of hydrogen-bond donors (Lipinski definition) is 0. The fraction of sp³-hybridized carbons (Fsp3) is 0.0364. The lowest BCUT2D eigenvalue weighted by atomic mass is 9.92. The lowest BCUT2D eigenvalue weighted by molar-refractivity contribution is 1.14. The van der Waals surface area contributed by atoms with Gasteiger partial charge in [0.05, 0.1) is 11.4 Å². The Morgan fingerprint density at radius 3 is 1.54 bits per heavy atom. The van der Waals surface area contributed by atoms with Gasteiger partial charge in [-0.2, -0.15) is 0 Å². The Morgan fingerprint density at radius 1 is 0.456 bits per heavy atom. The van der Waals surface area contributed by atoms with Crippen molar-refractivity contribution in [2.75, 3.05) is 9.80 Å². The van der Waals surface area contributed by atoms with Crippen LogP contribution in [0.1, 0.15) is 29.2 Å². The molecule has 0 unspecified atom stereocenters. The van der Waals surface area contributed by atoms with Crippen LogP contribution in [-0.4, -0.2) is 0 Å². The van der Waals surface area contributed by atoms with E-state index in [1.54, 1.807) is 0 Å². The summed E-state index contributed by atoms with van der Waals surface area (Å²) in [7, 11) is 0. The number of para-hydroxylation sites is 2. The molecular weight excluding hydrogens is 689 g/mol. The first-order valence-corrected chi connectivity index (χ1v) is 19.6. The van der Waals surface area contributed by atoms with Crippen molar-refractivity contribution < 1.29 is 0 Å². The predicted octanol–water partition coefficient (Wildman–Crippen LogP) is 15.0. The van der Waals surface area contributed by atoms with Crippen molar-refractivity contribution in [3.8, 4) is 0 Å². The van der Waals surface area contributed by atoms with Crippen LogP contribution in [-0.2, 0) is 6.42 Å². The van der Waals surface area contributed by atoms with Crippen molar-refractivity contribution in [1.82, 2.24) is 0 Å². The van der Waals surface area contributed by atoms with Crippen molar-refractivity contribution in [3.63, 3.8) is 0 Å². The van der Waals surface area contributed by atoms with E-state index in [9.17, 15) is 0 Å². The van der Waals surface area contributed by atoms with E-state index >= 15 is 0 Å². The third kappa shape index (κ3) is 7.39. The number of hydrogen-bond acceptors (Lipinski definition) is 2. The van der Waals surface area contributed by atoms with Crippen molar-refractivity contribution in [2.45, 2.75) is 13.3 Å². The normalized spacial score (nSPS) is 12.6. The summed E-state index contributed by atoms with van der Waals surface area (Å²) in [4.78, 5) is 4.72. The molecule has 1 aliphatic carbocycles. The second kappa shape index (κ2) is 16.2. The minimum Gasteiger partial charge on any atom is -0.309 e. The molecule has 2 heteroatoms. The molecule has 0 radical (unpaired) electrons.